The molecular weight excluding hydrogens is 266 g/mol. The Labute approximate surface area is 124 Å². The summed E-state index contributed by atoms with van der Waals surface area (Å²) in [5.74, 6) is -0.125. The number of carbonyl (C=O) groups excluding carboxylic acids is 1. The zero-order valence-electron chi connectivity index (χ0n) is 12.7. The van der Waals surface area contributed by atoms with Crippen LogP contribution in [0.3, 0.4) is 0 Å². The fourth-order valence-corrected chi connectivity index (χ4v) is 2.90. The predicted molar refractivity (Wildman–Crippen MR) is 82.1 cm³/mol. The van der Waals surface area contributed by atoms with E-state index in [2.05, 4.69) is 22.3 Å². The number of nitrogens with one attached hydrogen (secondary N) is 2. The summed E-state index contributed by atoms with van der Waals surface area (Å²) < 4.78 is 2.07. The molecule has 0 spiro atoms. The topological polar surface area (TPSA) is 62.2 Å². The summed E-state index contributed by atoms with van der Waals surface area (Å²) in [6, 6.07) is 6.15. The molecule has 1 saturated heterocycles. The Morgan fingerprint density at radius 2 is 2.29 bits per heavy atom. The molecule has 2 N–H and O–H groups in total. The minimum absolute atomic E-state index is 0.125. The van der Waals surface area contributed by atoms with Gasteiger partial charge in [0.25, 0.3) is 5.91 Å². The lowest BCUT2D eigenvalue weighted by Crippen LogP contribution is -2.36. The fourth-order valence-electron chi connectivity index (χ4n) is 2.90. The van der Waals surface area contributed by atoms with Gasteiger partial charge in [0.15, 0.2) is 0 Å². The van der Waals surface area contributed by atoms with Crippen LogP contribution in [0.15, 0.2) is 18.2 Å². The molecule has 1 amide bonds. The van der Waals surface area contributed by atoms with Crippen molar-refractivity contribution >= 4 is 16.8 Å². The second kappa shape index (κ2) is 5.46. The minimum atomic E-state index is -0.125. The maximum atomic E-state index is 12.3. The highest BCUT2D eigenvalue weighted by Gasteiger charge is 2.22. The lowest BCUT2D eigenvalue weighted by atomic mass is 10.1. The van der Waals surface area contributed by atoms with Crippen molar-refractivity contribution in [2.24, 2.45) is 0 Å². The Hall–Kier alpha value is -1.92. The molecule has 21 heavy (non-hydrogen) atoms. The lowest BCUT2D eigenvalue weighted by Gasteiger charge is -2.12. The Bertz CT molecular complexity index is 670. The van der Waals surface area contributed by atoms with E-state index in [0.29, 0.717) is 11.6 Å². The van der Waals surface area contributed by atoms with Crippen molar-refractivity contribution in [2.45, 2.75) is 19.4 Å². The van der Waals surface area contributed by atoms with E-state index in [1.54, 1.807) is 19.1 Å². The first-order valence-corrected chi connectivity index (χ1v) is 7.25. The van der Waals surface area contributed by atoms with Crippen LogP contribution in [0.2, 0.25) is 0 Å². The fraction of sp³-hybridized carbons (Fsp3) is 0.467. The van der Waals surface area contributed by atoms with Crippen molar-refractivity contribution in [1.29, 1.82) is 0 Å². The van der Waals surface area contributed by atoms with Gasteiger partial charge in [-0.15, -0.1) is 0 Å². The molecule has 112 valence electrons. The molecule has 2 aromatic rings. The standard InChI is InChI=1S/C15H21N5O/c1-10-12-5-4-6-13(15(21)18-19(2)3)14(12)17-20(10)11-7-8-16-9-11/h4-6,11,16H,7-9H2,1-3H3,(H,18,21). The molecule has 3 rings (SSSR count). The summed E-state index contributed by atoms with van der Waals surface area (Å²) in [6.45, 7) is 4.03. The van der Waals surface area contributed by atoms with Crippen LogP contribution in [0, 0.1) is 6.92 Å². The Balaban J connectivity index is 2.06. The Morgan fingerprint density at radius 1 is 1.48 bits per heavy atom. The molecule has 1 fully saturated rings. The number of hydrogen-bond donors (Lipinski definition) is 2. The van der Waals surface area contributed by atoms with E-state index in [0.717, 1.165) is 36.1 Å². The van der Waals surface area contributed by atoms with Crippen LogP contribution in [0.25, 0.3) is 10.9 Å². The molecule has 1 unspecified atom stereocenters. The van der Waals surface area contributed by atoms with Gasteiger partial charge in [0, 0.05) is 31.7 Å². The van der Waals surface area contributed by atoms with Gasteiger partial charge in [-0.25, -0.2) is 5.01 Å². The largest absolute Gasteiger partial charge is 0.315 e. The number of rotatable bonds is 3. The molecule has 1 aliphatic heterocycles. The van der Waals surface area contributed by atoms with Crippen LogP contribution in [-0.2, 0) is 0 Å². The Morgan fingerprint density at radius 3 is 2.95 bits per heavy atom. The van der Waals surface area contributed by atoms with Crippen LogP contribution < -0.4 is 10.7 Å². The summed E-state index contributed by atoms with van der Waals surface area (Å²) in [5.41, 5.74) is 5.30. The first-order chi connectivity index (χ1) is 10.1. The van der Waals surface area contributed by atoms with Crippen LogP contribution in [0.5, 0.6) is 0 Å². The van der Waals surface area contributed by atoms with Gasteiger partial charge >= 0.3 is 0 Å². The number of aromatic nitrogens is 2. The Kier molecular flexibility index (Phi) is 3.65. The number of hydrogen-bond acceptors (Lipinski definition) is 4. The molecule has 0 radical (unpaired) electrons. The maximum Gasteiger partial charge on any atom is 0.267 e. The van der Waals surface area contributed by atoms with Gasteiger partial charge < -0.3 is 5.32 Å². The van der Waals surface area contributed by atoms with E-state index in [9.17, 15) is 4.79 Å². The van der Waals surface area contributed by atoms with Gasteiger partial charge in [-0.2, -0.15) is 5.10 Å². The van der Waals surface area contributed by atoms with Crippen LogP contribution in [0.4, 0.5) is 0 Å². The highest BCUT2D eigenvalue weighted by molar-refractivity contribution is 6.05. The van der Waals surface area contributed by atoms with E-state index in [1.807, 2.05) is 18.2 Å². The van der Waals surface area contributed by atoms with Crippen molar-refractivity contribution in [3.05, 3.63) is 29.5 Å². The molecule has 1 aliphatic rings. The lowest BCUT2D eigenvalue weighted by molar-refractivity contribution is 0.0858. The number of nitrogens with zero attached hydrogens (tertiary/aromatic N) is 3. The zero-order valence-corrected chi connectivity index (χ0v) is 12.7. The van der Waals surface area contributed by atoms with Gasteiger partial charge in [-0.3, -0.25) is 14.9 Å². The van der Waals surface area contributed by atoms with E-state index < -0.39 is 0 Å². The van der Waals surface area contributed by atoms with Gasteiger partial charge in [0.1, 0.15) is 5.52 Å². The highest BCUT2D eigenvalue weighted by Crippen LogP contribution is 2.26. The van der Waals surface area contributed by atoms with Gasteiger partial charge in [0.05, 0.1) is 11.6 Å². The SMILES string of the molecule is Cc1c2cccc(C(=O)NN(C)C)c2nn1C1CCNC1. The second-order valence-electron chi connectivity index (χ2n) is 5.71. The summed E-state index contributed by atoms with van der Waals surface area (Å²) in [4.78, 5) is 12.3. The number of aryl methyl sites for hydroxylation is 1. The number of fused-ring (bicyclic) bond motifs is 1. The molecule has 1 atom stereocenters. The molecule has 0 saturated carbocycles. The summed E-state index contributed by atoms with van der Waals surface area (Å²) in [6.07, 6.45) is 1.08. The predicted octanol–water partition coefficient (Wildman–Crippen LogP) is 1.09. The first-order valence-electron chi connectivity index (χ1n) is 7.25. The first kappa shape index (κ1) is 14.0. The number of hydrazine groups is 1. The van der Waals surface area contributed by atoms with E-state index >= 15 is 0 Å². The summed E-state index contributed by atoms with van der Waals surface area (Å²) in [5, 5.41) is 10.8. The maximum absolute atomic E-state index is 12.3. The van der Waals surface area contributed by atoms with Crippen LogP contribution in [-0.4, -0.2) is 47.9 Å². The molecule has 2 heterocycles. The number of amides is 1. The van der Waals surface area contributed by atoms with Crippen molar-refractivity contribution in [2.75, 3.05) is 27.2 Å². The third-order valence-electron chi connectivity index (χ3n) is 3.93. The van der Waals surface area contributed by atoms with E-state index in [4.69, 9.17) is 5.10 Å². The van der Waals surface area contributed by atoms with Gasteiger partial charge in [0.2, 0.25) is 0 Å². The average Bonchev–Trinajstić information content (AvgIpc) is 3.06. The van der Waals surface area contributed by atoms with Crippen molar-refractivity contribution in [1.82, 2.24) is 25.5 Å². The zero-order chi connectivity index (χ0) is 15.0. The smallest absolute Gasteiger partial charge is 0.267 e. The van der Waals surface area contributed by atoms with Crippen molar-refractivity contribution in [3.8, 4) is 0 Å². The molecule has 0 bridgehead atoms. The van der Waals surface area contributed by atoms with E-state index in [-0.39, 0.29) is 5.91 Å². The van der Waals surface area contributed by atoms with Gasteiger partial charge in [-0.05, 0) is 26.0 Å². The summed E-state index contributed by atoms with van der Waals surface area (Å²) in [7, 11) is 3.60. The monoisotopic (exact) mass is 287 g/mol. The molecule has 1 aromatic heterocycles. The number of carbonyl (C=O) groups is 1. The highest BCUT2D eigenvalue weighted by atomic mass is 16.2. The van der Waals surface area contributed by atoms with Crippen molar-refractivity contribution in [3.63, 3.8) is 0 Å². The summed E-state index contributed by atoms with van der Waals surface area (Å²) >= 11 is 0. The average molecular weight is 287 g/mol. The molecule has 1 aromatic carbocycles. The molecule has 6 nitrogen and oxygen atoms in total. The third-order valence-corrected chi connectivity index (χ3v) is 3.93. The normalized spacial score (nSPS) is 18.6. The number of benzene rings is 1. The molecule has 0 aliphatic carbocycles. The molecular formula is C15H21N5O. The molecule has 6 heteroatoms. The quantitative estimate of drug-likeness (QED) is 0.830. The van der Waals surface area contributed by atoms with E-state index in [1.165, 1.54) is 0 Å². The van der Waals surface area contributed by atoms with Crippen molar-refractivity contribution < 1.29 is 4.79 Å². The van der Waals surface area contributed by atoms with Crippen LogP contribution >= 0.6 is 0 Å². The second-order valence-corrected chi connectivity index (χ2v) is 5.71. The third kappa shape index (κ3) is 2.52. The van der Waals surface area contributed by atoms with Crippen LogP contribution in [0.1, 0.15) is 28.5 Å². The van der Waals surface area contributed by atoms with Gasteiger partial charge in [-0.1, -0.05) is 12.1 Å². The minimum Gasteiger partial charge on any atom is -0.315 e.